The van der Waals surface area contributed by atoms with Crippen molar-refractivity contribution in [1.29, 1.82) is 0 Å². The average molecular weight is 955 g/mol. The summed E-state index contributed by atoms with van der Waals surface area (Å²) in [6.45, 7) is 4.84. The van der Waals surface area contributed by atoms with E-state index in [9.17, 15) is 19.4 Å². The molecule has 3 atom stereocenters. The van der Waals surface area contributed by atoms with Crippen molar-refractivity contribution in [2.75, 3.05) is 40.9 Å². The molecule has 0 saturated heterocycles. The number of carbonyl (C=O) groups excluding carboxylic acids is 1. The molecular formula is C57H114N2O6P+. The molecule has 0 aromatic carbocycles. The number of hydrogen-bond donors (Lipinski definition) is 3. The number of unbranched alkanes of at least 4 members (excludes halogenated alkanes) is 38. The molecule has 0 aliphatic carbocycles. The number of aliphatic hydroxyl groups excluding tert-OH is 1. The van der Waals surface area contributed by atoms with E-state index in [1.807, 2.05) is 27.2 Å². The van der Waals surface area contributed by atoms with Crippen LogP contribution in [0.15, 0.2) is 24.3 Å². The monoisotopic (exact) mass is 954 g/mol. The Morgan fingerprint density at radius 1 is 0.500 bits per heavy atom. The Morgan fingerprint density at radius 2 is 0.818 bits per heavy atom. The minimum atomic E-state index is -4.35. The third-order valence-electron chi connectivity index (χ3n) is 13.2. The third-order valence-corrected chi connectivity index (χ3v) is 14.1. The highest BCUT2D eigenvalue weighted by molar-refractivity contribution is 7.47. The number of allylic oxidation sites excluding steroid dienone is 3. The SMILES string of the molecule is CCCCCCCCC/C=C\CCCCCCCC(=O)NC(COP(=O)(O)OCC[N+](C)(C)C)C(O)/C=C/CCCCCCCCCCCCCCCCCCCCCCCCCCCC. The lowest BCUT2D eigenvalue weighted by Crippen LogP contribution is -2.45. The van der Waals surface area contributed by atoms with E-state index in [0.717, 1.165) is 51.4 Å². The van der Waals surface area contributed by atoms with E-state index in [1.54, 1.807) is 6.08 Å². The molecule has 9 heteroatoms. The minimum absolute atomic E-state index is 0.0614. The number of carbonyl (C=O) groups is 1. The van der Waals surface area contributed by atoms with Crippen molar-refractivity contribution in [1.82, 2.24) is 5.32 Å². The summed E-state index contributed by atoms with van der Waals surface area (Å²) in [4.78, 5) is 23.2. The van der Waals surface area contributed by atoms with Crippen LogP contribution in [-0.4, -0.2) is 73.4 Å². The van der Waals surface area contributed by atoms with Gasteiger partial charge in [0.1, 0.15) is 13.2 Å². The Hall–Kier alpha value is -1.02. The van der Waals surface area contributed by atoms with Crippen LogP contribution in [0.25, 0.3) is 0 Å². The first-order chi connectivity index (χ1) is 32.0. The first-order valence-corrected chi connectivity index (χ1v) is 30.2. The van der Waals surface area contributed by atoms with Gasteiger partial charge in [-0.05, 0) is 44.9 Å². The fourth-order valence-corrected chi connectivity index (χ4v) is 9.36. The summed E-state index contributed by atoms with van der Waals surface area (Å²) < 4.78 is 23.7. The lowest BCUT2D eigenvalue weighted by atomic mass is 10.0. The predicted molar refractivity (Wildman–Crippen MR) is 286 cm³/mol. The number of phosphoric acid groups is 1. The Kier molecular flexibility index (Phi) is 48.2. The maximum atomic E-state index is 12.9. The van der Waals surface area contributed by atoms with E-state index in [0.29, 0.717) is 17.4 Å². The van der Waals surface area contributed by atoms with Crippen LogP contribution in [-0.2, 0) is 18.4 Å². The van der Waals surface area contributed by atoms with Crippen LogP contribution in [0.1, 0.15) is 284 Å². The maximum Gasteiger partial charge on any atom is 0.472 e. The number of likely N-dealkylation sites (N-methyl/N-ethyl adjacent to an activating group) is 1. The van der Waals surface area contributed by atoms with Crippen molar-refractivity contribution in [2.24, 2.45) is 0 Å². The van der Waals surface area contributed by atoms with Gasteiger partial charge in [-0.3, -0.25) is 13.8 Å². The van der Waals surface area contributed by atoms with Crippen LogP contribution < -0.4 is 5.32 Å². The smallest absolute Gasteiger partial charge is 0.387 e. The summed E-state index contributed by atoms with van der Waals surface area (Å²) >= 11 is 0. The molecule has 0 saturated carbocycles. The molecule has 8 nitrogen and oxygen atoms in total. The highest BCUT2D eigenvalue weighted by Gasteiger charge is 2.27. The molecule has 0 aliphatic rings. The van der Waals surface area contributed by atoms with E-state index in [1.165, 1.54) is 212 Å². The van der Waals surface area contributed by atoms with Crippen molar-refractivity contribution < 1.29 is 32.9 Å². The van der Waals surface area contributed by atoms with Gasteiger partial charge in [0.2, 0.25) is 5.91 Å². The summed E-state index contributed by atoms with van der Waals surface area (Å²) in [6.07, 6.45) is 61.4. The number of nitrogens with one attached hydrogen (secondary N) is 1. The fraction of sp³-hybridized carbons (Fsp3) is 0.912. The van der Waals surface area contributed by atoms with Crippen molar-refractivity contribution in [2.45, 2.75) is 296 Å². The van der Waals surface area contributed by atoms with Crippen LogP contribution in [0.3, 0.4) is 0 Å². The molecule has 3 unspecified atom stereocenters. The topological polar surface area (TPSA) is 105 Å². The molecule has 392 valence electrons. The molecule has 0 aromatic rings. The van der Waals surface area contributed by atoms with E-state index in [4.69, 9.17) is 9.05 Å². The number of phosphoric ester groups is 1. The molecule has 0 aliphatic heterocycles. The minimum Gasteiger partial charge on any atom is -0.387 e. The summed E-state index contributed by atoms with van der Waals surface area (Å²) in [5, 5.41) is 13.9. The van der Waals surface area contributed by atoms with Gasteiger partial charge in [0, 0.05) is 6.42 Å². The lowest BCUT2D eigenvalue weighted by molar-refractivity contribution is -0.870. The standard InChI is InChI=1S/C57H113N2O6P/c1-6-8-10-12-14-16-18-20-22-24-25-26-27-28-29-30-31-32-33-34-35-36-38-40-42-44-46-48-50-56(60)55(54-65-66(62,63)64-53-52-59(3,4)5)58-57(61)51-49-47-45-43-41-39-37-23-21-19-17-15-13-11-9-7-2/h23,37,48,50,55-56,60H,6-22,24-36,38-47,49,51-54H2,1-5H3,(H-,58,61,62,63)/p+1/b37-23-,50-48+. The fourth-order valence-electron chi connectivity index (χ4n) is 8.63. The van der Waals surface area contributed by atoms with Crippen molar-refractivity contribution in [3.8, 4) is 0 Å². The quantitative estimate of drug-likeness (QED) is 0.0243. The summed E-state index contributed by atoms with van der Waals surface area (Å²) in [7, 11) is 1.58. The zero-order chi connectivity index (χ0) is 48.5. The zero-order valence-electron chi connectivity index (χ0n) is 44.7. The number of aliphatic hydroxyl groups is 1. The van der Waals surface area contributed by atoms with Gasteiger partial charge in [-0.15, -0.1) is 0 Å². The molecule has 0 bridgehead atoms. The van der Waals surface area contributed by atoms with Gasteiger partial charge in [0.05, 0.1) is 39.9 Å². The van der Waals surface area contributed by atoms with Crippen molar-refractivity contribution in [3.05, 3.63) is 24.3 Å². The second-order valence-electron chi connectivity index (χ2n) is 21.0. The summed E-state index contributed by atoms with van der Waals surface area (Å²) in [6, 6.07) is -0.849. The van der Waals surface area contributed by atoms with Crippen LogP contribution in [0, 0.1) is 0 Å². The van der Waals surface area contributed by atoms with Gasteiger partial charge >= 0.3 is 7.82 Å². The molecule has 3 N–H and O–H groups in total. The molecule has 0 fully saturated rings. The van der Waals surface area contributed by atoms with Gasteiger partial charge in [-0.25, -0.2) is 4.57 Å². The Bertz CT molecular complexity index is 1130. The maximum absolute atomic E-state index is 12.9. The molecule has 66 heavy (non-hydrogen) atoms. The highest BCUT2D eigenvalue weighted by atomic mass is 31.2. The second kappa shape index (κ2) is 49.0. The zero-order valence-corrected chi connectivity index (χ0v) is 45.6. The number of nitrogens with zero attached hydrogens (tertiary/aromatic N) is 1. The molecule has 1 amide bonds. The Morgan fingerprint density at radius 3 is 1.17 bits per heavy atom. The molecular weight excluding hydrogens is 840 g/mol. The van der Waals surface area contributed by atoms with Crippen LogP contribution in [0.5, 0.6) is 0 Å². The van der Waals surface area contributed by atoms with E-state index >= 15 is 0 Å². The Labute approximate surface area is 411 Å². The van der Waals surface area contributed by atoms with E-state index in [-0.39, 0.29) is 19.1 Å². The second-order valence-corrected chi connectivity index (χ2v) is 22.5. The molecule has 0 heterocycles. The first-order valence-electron chi connectivity index (χ1n) is 28.7. The van der Waals surface area contributed by atoms with Crippen LogP contribution in [0.2, 0.25) is 0 Å². The molecule has 0 rings (SSSR count). The number of amides is 1. The molecule has 0 spiro atoms. The predicted octanol–water partition coefficient (Wildman–Crippen LogP) is 17.2. The number of rotatable bonds is 53. The van der Waals surface area contributed by atoms with E-state index < -0.39 is 20.0 Å². The molecule has 0 radical (unpaired) electrons. The van der Waals surface area contributed by atoms with E-state index in [2.05, 4.69) is 31.3 Å². The average Bonchev–Trinajstić information content (AvgIpc) is 3.28. The number of hydrogen-bond acceptors (Lipinski definition) is 5. The van der Waals surface area contributed by atoms with Gasteiger partial charge in [0.15, 0.2) is 0 Å². The first kappa shape index (κ1) is 65.0. The largest absolute Gasteiger partial charge is 0.472 e. The van der Waals surface area contributed by atoms with Crippen molar-refractivity contribution in [3.63, 3.8) is 0 Å². The third kappa shape index (κ3) is 50.8. The normalized spacial score (nSPS) is 14.1. The summed E-state index contributed by atoms with van der Waals surface area (Å²) in [5.41, 5.74) is 0. The van der Waals surface area contributed by atoms with Gasteiger partial charge in [-0.2, -0.15) is 0 Å². The van der Waals surface area contributed by atoms with Crippen molar-refractivity contribution >= 4 is 13.7 Å². The Balaban J connectivity index is 4.15. The van der Waals surface area contributed by atoms with Crippen LogP contribution in [0.4, 0.5) is 0 Å². The molecule has 0 aromatic heterocycles. The van der Waals surface area contributed by atoms with Crippen LogP contribution >= 0.6 is 7.82 Å². The van der Waals surface area contributed by atoms with Gasteiger partial charge < -0.3 is 19.8 Å². The summed E-state index contributed by atoms with van der Waals surface area (Å²) in [5.74, 6) is -0.182. The highest BCUT2D eigenvalue weighted by Crippen LogP contribution is 2.43. The lowest BCUT2D eigenvalue weighted by Gasteiger charge is -2.25. The van der Waals surface area contributed by atoms with Gasteiger partial charge in [-0.1, -0.05) is 256 Å². The number of quaternary nitrogens is 1. The van der Waals surface area contributed by atoms with Gasteiger partial charge in [0.25, 0.3) is 0 Å².